The summed E-state index contributed by atoms with van der Waals surface area (Å²) in [5.74, 6) is 1.13. The quantitative estimate of drug-likeness (QED) is 0.842. The van der Waals surface area contributed by atoms with Crippen molar-refractivity contribution in [3.63, 3.8) is 0 Å². The molecule has 0 amide bonds. The molecule has 2 N–H and O–H groups in total. The van der Waals surface area contributed by atoms with Gasteiger partial charge in [0.2, 0.25) is 0 Å². The lowest BCUT2D eigenvalue weighted by Gasteiger charge is -2.30. The molecular weight excluding hydrogens is 326 g/mol. The van der Waals surface area contributed by atoms with E-state index in [1.165, 1.54) is 11.1 Å². The molecule has 2 aromatic carbocycles. The Hall–Kier alpha value is -1.19. The Morgan fingerprint density at radius 3 is 2.84 bits per heavy atom. The zero-order valence-corrected chi connectivity index (χ0v) is 12.5. The number of hydrogen-bond donors (Lipinski definition) is 1. The van der Waals surface area contributed by atoms with Crippen molar-refractivity contribution in [3.05, 3.63) is 57.0 Å². The number of hydrogen-bond acceptors (Lipinski definition) is 2. The molecule has 1 aliphatic rings. The fourth-order valence-corrected chi connectivity index (χ4v) is 3.38. The maximum absolute atomic E-state index is 5.92. The number of anilines is 1. The lowest BCUT2D eigenvalue weighted by molar-refractivity contribution is 0.275. The van der Waals surface area contributed by atoms with Gasteiger partial charge < -0.3 is 10.5 Å². The van der Waals surface area contributed by atoms with Crippen LogP contribution < -0.4 is 10.5 Å². The molecule has 0 bridgehead atoms. The molecule has 1 aliphatic carbocycles. The second kappa shape index (κ2) is 5.06. The summed E-state index contributed by atoms with van der Waals surface area (Å²) in [6.07, 6.45) is 1.07. The van der Waals surface area contributed by atoms with Crippen LogP contribution in [0.3, 0.4) is 0 Å². The van der Waals surface area contributed by atoms with E-state index in [2.05, 4.69) is 40.2 Å². The molecule has 0 spiro atoms. The highest BCUT2D eigenvalue weighted by atomic mass is 79.9. The summed E-state index contributed by atoms with van der Waals surface area (Å²) >= 11 is 9.36. The average Bonchev–Trinajstić information content (AvgIpc) is 2.33. The first-order valence-electron chi connectivity index (χ1n) is 6.10. The minimum absolute atomic E-state index is 0.457. The second-order valence-electron chi connectivity index (χ2n) is 4.72. The van der Waals surface area contributed by atoms with Crippen LogP contribution in [0.25, 0.3) is 0 Å². The molecule has 1 atom stereocenters. The average molecular weight is 339 g/mol. The first-order valence-corrected chi connectivity index (χ1v) is 7.27. The predicted molar refractivity (Wildman–Crippen MR) is 81.9 cm³/mol. The lowest BCUT2D eigenvalue weighted by atomic mass is 9.78. The largest absolute Gasteiger partial charge is 0.490 e. The van der Waals surface area contributed by atoms with Gasteiger partial charge in [0.25, 0.3) is 0 Å². The van der Waals surface area contributed by atoms with E-state index in [1.807, 2.05) is 0 Å². The normalized spacial score (nSPS) is 16.6. The maximum atomic E-state index is 5.92. The number of rotatable bonds is 3. The Morgan fingerprint density at radius 1 is 1.32 bits per heavy atom. The predicted octanol–water partition coefficient (Wildman–Crippen LogP) is 4.40. The summed E-state index contributed by atoms with van der Waals surface area (Å²) in [6.45, 7) is 0.640. The van der Waals surface area contributed by atoms with Gasteiger partial charge in [-0.05, 0) is 45.6 Å². The number of halogens is 2. The van der Waals surface area contributed by atoms with E-state index < -0.39 is 0 Å². The van der Waals surface area contributed by atoms with Gasteiger partial charge in [0.15, 0.2) is 5.75 Å². The molecule has 2 aromatic rings. The van der Waals surface area contributed by atoms with Crippen molar-refractivity contribution in [1.29, 1.82) is 0 Å². The van der Waals surface area contributed by atoms with Gasteiger partial charge in [0, 0.05) is 10.9 Å². The van der Waals surface area contributed by atoms with Crippen LogP contribution in [0.5, 0.6) is 5.75 Å². The monoisotopic (exact) mass is 337 g/mol. The van der Waals surface area contributed by atoms with Gasteiger partial charge in [-0.2, -0.15) is 0 Å². The minimum atomic E-state index is 0.457. The van der Waals surface area contributed by atoms with Gasteiger partial charge >= 0.3 is 0 Å². The molecular formula is C15H13BrClNO. The van der Waals surface area contributed by atoms with E-state index in [4.69, 9.17) is 22.1 Å². The van der Waals surface area contributed by atoms with E-state index >= 15 is 0 Å². The van der Waals surface area contributed by atoms with E-state index in [9.17, 15) is 0 Å². The zero-order chi connectivity index (χ0) is 13.4. The summed E-state index contributed by atoms with van der Waals surface area (Å²) in [4.78, 5) is 0. The lowest BCUT2D eigenvalue weighted by Crippen LogP contribution is -2.23. The second-order valence-corrected chi connectivity index (χ2v) is 6.01. The van der Waals surface area contributed by atoms with Crippen LogP contribution in [-0.2, 0) is 6.42 Å². The fraction of sp³-hybridized carbons (Fsp3) is 0.200. The Balaban J connectivity index is 1.72. The third-order valence-electron chi connectivity index (χ3n) is 3.43. The molecule has 0 heterocycles. The van der Waals surface area contributed by atoms with E-state index in [0.29, 0.717) is 29.0 Å². The SMILES string of the molecule is Nc1cc(Cl)cc(Br)c1OCC1Cc2ccccc21. The summed E-state index contributed by atoms with van der Waals surface area (Å²) in [5, 5.41) is 0.603. The van der Waals surface area contributed by atoms with Crippen LogP contribution in [0.15, 0.2) is 40.9 Å². The Kier molecular flexibility index (Phi) is 3.42. The molecule has 0 fully saturated rings. The highest BCUT2D eigenvalue weighted by Gasteiger charge is 2.26. The Bertz CT molecular complexity index is 606. The maximum Gasteiger partial charge on any atom is 0.156 e. The van der Waals surface area contributed by atoms with Gasteiger partial charge in [-0.25, -0.2) is 0 Å². The molecule has 0 aliphatic heterocycles. The molecule has 0 radical (unpaired) electrons. The number of nitrogen functional groups attached to an aromatic ring is 1. The standard InChI is InChI=1S/C15H13BrClNO/c16-13-6-11(17)7-14(18)15(13)19-8-10-5-9-3-1-2-4-12(9)10/h1-4,6-7,10H,5,8,18H2. The fourth-order valence-electron chi connectivity index (χ4n) is 2.43. The zero-order valence-electron chi connectivity index (χ0n) is 10.2. The minimum Gasteiger partial charge on any atom is -0.490 e. The van der Waals surface area contributed by atoms with Crippen molar-refractivity contribution >= 4 is 33.2 Å². The highest BCUT2D eigenvalue weighted by molar-refractivity contribution is 9.10. The smallest absolute Gasteiger partial charge is 0.156 e. The number of fused-ring (bicyclic) bond motifs is 1. The number of ether oxygens (including phenoxy) is 1. The van der Waals surface area contributed by atoms with Gasteiger partial charge in [0.05, 0.1) is 16.8 Å². The molecule has 0 saturated carbocycles. The molecule has 0 aromatic heterocycles. The molecule has 3 rings (SSSR count). The van der Waals surface area contributed by atoms with Gasteiger partial charge in [-0.15, -0.1) is 0 Å². The van der Waals surface area contributed by atoms with E-state index in [-0.39, 0.29) is 0 Å². The molecule has 4 heteroatoms. The van der Waals surface area contributed by atoms with Crippen molar-refractivity contribution in [2.24, 2.45) is 0 Å². The summed E-state index contributed by atoms with van der Waals surface area (Å²) in [5.41, 5.74) is 9.28. The summed E-state index contributed by atoms with van der Waals surface area (Å²) in [7, 11) is 0. The Morgan fingerprint density at radius 2 is 2.11 bits per heavy atom. The first kappa shape index (κ1) is 12.8. The molecule has 2 nitrogen and oxygen atoms in total. The van der Waals surface area contributed by atoms with Crippen LogP contribution in [0.1, 0.15) is 17.0 Å². The third kappa shape index (κ3) is 2.45. The number of nitrogens with two attached hydrogens (primary N) is 1. The van der Waals surface area contributed by atoms with Crippen LogP contribution in [0.2, 0.25) is 5.02 Å². The van der Waals surface area contributed by atoms with Crippen molar-refractivity contribution in [2.45, 2.75) is 12.3 Å². The van der Waals surface area contributed by atoms with Crippen LogP contribution in [0, 0.1) is 0 Å². The first-order chi connectivity index (χ1) is 9.15. The molecule has 1 unspecified atom stereocenters. The van der Waals surface area contributed by atoms with E-state index in [1.54, 1.807) is 12.1 Å². The summed E-state index contributed by atoms with van der Waals surface area (Å²) in [6, 6.07) is 12.0. The van der Waals surface area contributed by atoms with Crippen molar-refractivity contribution < 1.29 is 4.74 Å². The highest BCUT2D eigenvalue weighted by Crippen LogP contribution is 2.38. The number of benzene rings is 2. The van der Waals surface area contributed by atoms with Crippen molar-refractivity contribution in [3.8, 4) is 5.75 Å². The van der Waals surface area contributed by atoms with Crippen LogP contribution in [-0.4, -0.2) is 6.61 Å². The van der Waals surface area contributed by atoms with Crippen molar-refractivity contribution in [2.75, 3.05) is 12.3 Å². The molecule has 98 valence electrons. The Labute approximate surface area is 125 Å². The molecule has 19 heavy (non-hydrogen) atoms. The van der Waals surface area contributed by atoms with Gasteiger partial charge in [-0.3, -0.25) is 0 Å². The topological polar surface area (TPSA) is 35.2 Å². The molecule has 0 saturated heterocycles. The van der Waals surface area contributed by atoms with Gasteiger partial charge in [-0.1, -0.05) is 35.9 Å². The van der Waals surface area contributed by atoms with Crippen LogP contribution in [0.4, 0.5) is 5.69 Å². The summed E-state index contributed by atoms with van der Waals surface area (Å²) < 4.78 is 6.65. The van der Waals surface area contributed by atoms with Crippen molar-refractivity contribution in [1.82, 2.24) is 0 Å². The van der Waals surface area contributed by atoms with Gasteiger partial charge in [0.1, 0.15) is 0 Å². The van der Waals surface area contributed by atoms with Crippen LogP contribution >= 0.6 is 27.5 Å². The third-order valence-corrected chi connectivity index (χ3v) is 4.23. The van der Waals surface area contributed by atoms with E-state index in [0.717, 1.165) is 10.9 Å².